The van der Waals surface area contributed by atoms with Gasteiger partial charge in [-0.3, -0.25) is 19.6 Å². The standard InChI is InChI=1S/C16H18N6O5S3/c1-8(30-15-17-19-20-18-15)16(14(25)26)6-21-12(24)11(13(21)29-7-16)22(27)10(23)5-9-3-2-4-28-9/h2-4,8,11,13,27H,5-7H2,1H3,(H,25,26)(H,17,18,19,20)/t8?,11?,13-,16?/m1/s1. The minimum absolute atomic E-state index is 0.00723. The Labute approximate surface area is 183 Å². The van der Waals surface area contributed by atoms with Crippen LogP contribution in [0.4, 0.5) is 0 Å². The monoisotopic (exact) mass is 470 g/mol. The molecule has 11 nitrogen and oxygen atoms in total. The van der Waals surface area contributed by atoms with Gasteiger partial charge in [-0.15, -0.1) is 28.2 Å². The highest BCUT2D eigenvalue weighted by Gasteiger charge is 2.61. The van der Waals surface area contributed by atoms with Crippen molar-refractivity contribution in [3.8, 4) is 0 Å². The molecule has 0 spiro atoms. The quantitative estimate of drug-likeness (QED) is 0.226. The molecule has 4 heterocycles. The smallest absolute Gasteiger partial charge is 0.313 e. The zero-order valence-electron chi connectivity index (χ0n) is 15.7. The number of carbonyl (C=O) groups excluding carboxylic acids is 2. The van der Waals surface area contributed by atoms with Crippen molar-refractivity contribution in [2.75, 3.05) is 12.3 Å². The summed E-state index contributed by atoms with van der Waals surface area (Å²) >= 11 is 3.84. The molecule has 4 rings (SSSR count). The maximum absolute atomic E-state index is 12.7. The second kappa shape index (κ2) is 8.17. The van der Waals surface area contributed by atoms with Crippen LogP contribution in [0.5, 0.6) is 0 Å². The maximum atomic E-state index is 12.7. The molecule has 2 saturated heterocycles. The zero-order valence-corrected chi connectivity index (χ0v) is 18.1. The van der Waals surface area contributed by atoms with Gasteiger partial charge in [0.1, 0.15) is 10.8 Å². The predicted octanol–water partition coefficient (Wildman–Crippen LogP) is 0.557. The number of thiophene rings is 1. The van der Waals surface area contributed by atoms with Gasteiger partial charge in [0.05, 0.1) is 6.42 Å². The number of carboxylic acid groups (broad SMARTS) is 1. The molecule has 0 aliphatic carbocycles. The number of aliphatic carboxylic acids is 1. The van der Waals surface area contributed by atoms with E-state index >= 15 is 0 Å². The molecule has 160 valence electrons. The van der Waals surface area contributed by atoms with Crippen molar-refractivity contribution in [3.63, 3.8) is 0 Å². The van der Waals surface area contributed by atoms with Gasteiger partial charge in [-0.1, -0.05) is 24.8 Å². The molecule has 2 aliphatic rings. The number of carboxylic acids is 1. The maximum Gasteiger partial charge on any atom is 0.313 e. The van der Waals surface area contributed by atoms with Crippen LogP contribution in [-0.4, -0.2) is 87.6 Å². The van der Waals surface area contributed by atoms with Crippen LogP contribution < -0.4 is 0 Å². The minimum Gasteiger partial charge on any atom is -0.481 e. The molecule has 2 aromatic heterocycles. The van der Waals surface area contributed by atoms with Crippen LogP contribution in [0, 0.1) is 5.41 Å². The van der Waals surface area contributed by atoms with Crippen molar-refractivity contribution in [2.45, 2.75) is 35.2 Å². The Kier molecular flexibility index (Phi) is 5.74. The van der Waals surface area contributed by atoms with Crippen molar-refractivity contribution >= 4 is 52.6 Å². The fourth-order valence-corrected chi connectivity index (χ4v) is 6.99. The lowest BCUT2D eigenvalue weighted by atomic mass is 9.84. The second-order valence-electron chi connectivity index (χ2n) is 7.03. The van der Waals surface area contributed by atoms with Gasteiger partial charge in [-0.2, -0.15) is 0 Å². The molecule has 2 amide bonds. The first-order valence-electron chi connectivity index (χ1n) is 8.92. The Morgan fingerprint density at radius 2 is 2.33 bits per heavy atom. The number of aromatic nitrogens is 4. The number of rotatable bonds is 7. The Bertz CT molecular complexity index is 941. The molecule has 0 radical (unpaired) electrons. The normalized spacial score (nSPS) is 26.6. The number of hydrogen-bond donors (Lipinski definition) is 3. The van der Waals surface area contributed by atoms with Gasteiger partial charge in [-0.05, 0) is 21.9 Å². The van der Waals surface area contributed by atoms with Crippen LogP contribution >= 0.6 is 34.9 Å². The number of fused-ring (bicyclic) bond motifs is 1. The summed E-state index contributed by atoms with van der Waals surface area (Å²) < 4.78 is 0. The lowest BCUT2D eigenvalue weighted by Gasteiger charge is -2.55. The summed E-state index contributed by atoms with van der Waals surface area (Å²) in [5.74, 6) is -1.83. The van der Waals surface area contributed by atoms with Gasteiger partial charge in [0.15, 0.2) is 6.04 Å². The summed E-state index contributed by atoms with van der Waals surface area (Å²) in [6.45, 7) is 1.74. The number of nitrogens with one attached hydrogen (secondary N) is 1. The topological polar surface area (TPSA) is 153 Å². The number of H-pyrrole nitrogens is 1. The Balaban J connectivity index is 1.45. The van der Waals surface area contributed by atoms with Crippen LogP contribution in [-0.2, 0) is 20.8 Å². The fraction of sp³-hybridized carbons (Fsp3) is 0.500. The zero-order chi connectivity index (χ0) is 21.5. The third-order valence-electron chi connectivity index (χ3n) is 5.32. The molecule has 3 N–H and O–H groups in total. The van der Waals surface area contributed by atoms with E-state index in [9.17, 15) is 24.7 Å². The highest BCUT2D eigenvalue weighted by atomic mass is 32.2. The first-order valence-corrected chi connectivity index (χ1v) is 11.7. The second-order valence-corrected chi connectivity index (χ2v) is 10.5. The number of tetrazole rings is 1. The van der Waals surface area contributed by atoms with Gasteiger partial charge in [0.25, 0.3) is 11.8 Å². The number of hydrogen-bond acceptors (Lipinski definition) is 10. The number of aromatic amines is 1. The average molecular weight is 471 g/mol. The SMILES string of the molecule is CC(Sc1nnn[nH]1)C1(C(=O)O)CS[C@@H]2C(N(O)C(=O)Cc3cccs3)C(=O)N2C1. The van der Waals surface area contributed by atoms with Crippen molar-refractivity contribution in [1.82, 2.24) is 30.6 Å². The van der Waals surface area contributed by atoms with Gasteiger partial charge >= 0.3 is 5.97 Å². The van der Waals surface area contributed by atoms with E-state index in [1.165, 1.54) is 39.8 Å². The Morgan fingerprint density at radius 3 is 2.97 bits per heavy atom. The van der Waals surface area contributed by atoms with Gasteiger partial charge < -0.3 is 10.0 Å². The molecule has 2 aliphatic heterocycles. The van der Waals surface area contributed by atoms with E-state index < -0.39 is 39.9 Å². The number of hydroxylamine groups is 2. The highest BCUT2D eigenvalue weighted by molar-refractivity contribution is 8.01. The van der Waals surface area contributed by atoms with E-state index in [1.807, 2.05) is 11.4 Å². The van der Waals surface area contributed by atoms with E-state index in [4.69, 9.17) is 0 Å². The molecule has 2 fully saturated rings. The number of thioether (sulfide) groups is 2. The fourth-order valence-electron chi connectivity index (χ4n) is 3.49. The molecule has 0 bridgehead atoms. The molecular formula is C16H18N6O5S3. The van der Waals surface area contributed by atoms with Crippen molar-refractivity contribution in [1.29, 1.82) is 0 Å². The summed E-state index contributed by atoms with van der Waals surface area (Å²) in [5, 5.41) is 35.5. The first kappa shape index (κ1) is 21.1. The molecule has 14 heteroatoms. The van der Waals surface area contributed by atoms with E-state index in [0.717, 1.165) is 4.88 Å². The lowest BCUT2D eigenvalue weighted by Crippen LogP contribution is -2.74. The summed E-state index contributed by atoms with van der Waals surface area (Å²) in [6.07, 6.45) is 0.00723. The van der Waals surface area contributed by atoms with Crippen LogP contribution in [0.3, 0.4) is 0 Å². The molecule has 30 heavy (non-hydrogen) atoms. The summed E-state index contributed by atoms with van der Waals surface area (Å²) in [5.41, 5.74) is -1.22. The molecule has 0 aromatic carbocycles. The van der Waals surface area contributed by atoms with Gasteiger partial charge in [0, 0.05) is 22.4 Å². The minimum atomic E-state index is -1.22. The van der Waals surface area contributed by atoms with Crippen molar-refractivity contribution in [2.24, 2.45) is 5.41 Å². The van der Waals surface area contributed by atoms with Crippen LogP contribution in [0.1, 0.15) is 11.8 Å². The summed E-state index contributed by atoms with van der Waals surface area (Å²) in [7, 11) is 0. The Hall–Kier alpha value is -2.16. The molecular weight excluding hydrogens is 452 g/mol. The summed E-state index contributed by atoms with van der Waals surface area (Å²) in [4.78, 5) is 39.5. The van der Waals surface area contributed by atoms with E-state index in [0.29, 0.717) is 10.2 Å². The van der Waals surface area contributed by atoms with Crippen LogP contribution in [0.25, 0.3) is 0 Å². The van der Waals surface area contributed by atoms with E-state index in [-0.39, 0.29) is 18.7 Å². The lowest BCUT2D eigenvalue weighted by molar-refractivity contribution is -0.201. The van der Waals surface area contributed by atoms with Gasteiger partial charge in [-0.25, -0.2) is 10.2 Å². The number of β-lactam (4-membered cyclic amide) rings is 1. The molecule has 2 aromatic rings. The molecule has 0 saturated carbocycles. The summed E-state index contributed by atoms with van der Waals surface area (Å²) in [6, 6.07) is 2.59. The van der Waals surface area contributed by atoms with Crippen molar-refractivity contribution in [3.05, 3.63) is 22.4 Å². The van der Waals surface area contributed by atoms with Crippen LogP contribution in [0.2, 0.25) is 0 Å². The highest BCUT2D eigenvalue weighted by Crippen LogP contribution is 2.48. The van der Waals surface area contributed by atoms with E-state index in [1.54, 1.807) is 13.0 Å². The third-order valence-corrected chi connectivity index (χ3v) is 8.93. The van der Waals surface area contributed by atoms with Crippen LogP contribution in [0.15, 0.2) is 22.7 Å². The molecule has 4 atom stereocenters. The predicted molar refractivity (Wildman–Crippen MR) is 108 cm³/mol. The average Bonchev–Trinajstić information content (AvgIpc) is 3.41. The largest absolute Gasteiger partial charge is 0.481 e. The number of carbonyl (C=O) groups is 3. The van der Waals surface area contributed by atoms with E-state index in [2.05, 4.69) is 20.6 Å². The first-order chi connectivity index (χ1) is 14.3. The number of nitrogens with zero attached hydrogens (tertiary/aromatic N) is 5. The third kappa shape index (κ3) is 3.57. The van der Waals surface area contributed by atoms with Gasteiger partial charge in [0.2, 0.25) is 5.16 Å². The molecule has 3 unspecified atom stereocenters. The Morgan fingerprint density at radius 1 is 1.53 bits per heavy atom. The number of amides is 2. The van der Waals surface area contributed by atoms with Crippen molar-refractivity contribution < 1.29 is 24.7 Å².